The fourth-order valence-corrected chi connectivity index (χ4v) is 0.815. The van der Waals surface area contributed by atoms with Gasteiger partial charge < -0.3 is 4.74 Å². The first-order valence-corrected chi connectivity index (χ1v) is 2.85. The summed E-state index contributed by atoms with van der Waals surface area (Å²) in [6.07, 6.45) is 1.99. The molecule has 1 heterocycles. The molecule has 45 valence electrons. The summed E-state index contributed by atoms with van der Waals surface area (Å²) in [7, 11) is 0. The van der Waals surface area contributed by atoms with Crippen molar-refractivity contribution < 1.29 is 4.74 Å². The van der Waals surface area contributed by atoms with Crippen LogP contribution in [0.2, 0.25) is 0 Å². The second kappa shape index (κ2) is 2.77. The fourth-order valence-electron chi connectivity index (χ4n) is 0.815. The highest BCUT2D eigenvalue weighted by Crippen LogP contribution is 2.07. The molecular weight excluding hydrogens is 104 g/mol. The van der Waals surface area contributed by atoms with Crippen molar-refractivity contribution in [1.29, 1.82) is 0 Å². The van der Waals surface area contributed by atoms with Crippen LogP contribution in [0.3, 0.4) is 0 Å². The lowest BCUT2D eigenvalue weighted by Crippen LogP contribution is -2.19. The molecule has 1 fully saturated rings. The molecule has 0 amide bonds. The van der Waals surface area contributed by atoms with Gasteiger partial charge in [-0.05, 0) is 18.4 Å². The van der Waals surface area contributed by atoms with E-state index in [1.165, 1.54) is 0 Å². The molecule has 0 spiro atoms. The van der Waals surface area contributed by atoms with E-state index in [1.54, 1.807) is 0 Å². The van der Waals surface area contributed by atoms with Gasteiger partial charge in [0, 0.05) is 6.61 Å². The Balaban J connectivity index is 2.22. The molecule has 3 heteroatoms. The van der Waals surface area contributed by atoms with Crippen molar-refractivity contribution in [3.63, 3.8) is 0 Å². The molecule has 1 saturated heterocycles. The zero-order chi connectivity index (χ0) is 5.82. The van der Waals surface area contributed by atoms with Crippen molar-refractivity contribution in [2.45, 2.75) is 18.9 Å². The highest BCUT2D eigenvalue weighted by Gasteiger charge is 2.11. The molecule has 1 unspecified atom stereocenters. The van der Waals surface area contributed by atoms with Gasteiger partial charge in [0.2, 0.25) is 0 Å². The normalized spacial score (nSPS) is 29.8. The van der Waals surface area contributed by atoms with Gasteiger partial charge in [0.1, 0.15) is 0 Å². The molecule has 1 rings (SSSR count). The number of nitrogens with zero attached hydrogens (tertiary/aromatic N) is 2. The molecule has 0 aromatic heterocycles. The van der Waals surface area contributed by atoms with Crippen molar-refractivity contribution in [2.75, 3.05) is 13.2 Å². The SMILES string of the molecule is [N]=NC1CCCOC1. The van der Waals surface area contributed by atoms with Gasteiger partial charge in [-0.1, -0.05) is 0 Å². The third-order valence-corrected chi connectivity index (χ3v) is 1.30. The van der Waals surface area contributed by atoms with Crippen LogP contribution in [-0.2, 0) is 4.74 Å². The van der Waals surface area contributed by atoms with E-state index in [1.807, 2.05) is 0 Å². The predicted molar refractivity (Wildman–Crippen MR) is 28.4 cm³/mol. The summed E-state index contributed by atoms with van der Waals surface area (Å²) in [6, 6.07) is 0.0451. The van der Waals surface area contributed by atoms with Crippen molar-refractivity contribution >= 4 is 0 Å². The van der Waals surface area contributed by atoms with Crippen LogP contribution < -0.4 is 5.53 Å². The minimum Gasteiger partial charge on any atom is -0.379 e. The zero-order valence-corrected chi connectivity index (χ0v) is 4.71. The Kier molecular flexibility index (Phi) is 1.97. The first-order valence-electron chi connectivity index (χ1n) is 2.85. The van der Waals surface area contributed by atoms with Crippen molar-refractivity contribution in [1.82, 2.24) is 5.53 Å². The highest BCUT2D eigenvalue weighted by molar-refractivity contribution is 4.65. The molecule has 0 aromatic carbocycles. The van der Waals surface area contributed by atoms with Crippen LogP contribution in [-0.4, -0.2) is 19.3 Å². The van der Waals surface area contributed by atoms with Crippen LogP contribution >= 0.6 is 0 Å². The van der Waals surface area contributed by atoms with Crippen LogP contribution in [0.4, 0.5) is 0 Å². The largest absolute Gasteiger partial charge is 0.379 e. The maximum Gasteiger partial charge on any atom is 0.0964 e. The quantitative estimate of drug-likeness (QED) is 0.454. The van der Waals surface area contributed by atoms with E-state index in [0.717, 1.165) is 19.4 Å². The first kappa shape index (κ1) is 5.69. The van der Waals surface area contributed by atoms with Crippen LogP contribution in [0.25, 0.3) is 0 Å². The third kappa shape index (κ3) is 1.26. The van der Waals surface area contributed by atoms with Gasteiger partial charge in [0.15, 0.2) is 0 Å². The maximum atomic E-state index is 8.24. The lowest BCUT2D eigenvalue weighted by molar-refractivity contribution is 0.0810. The Labute approximate surface area is 48.5 Å². The maximum absolute atomic E-state index is 8.24. The second-order valence-electron chi connectivity index (χ2n) is 1.99. The first-order chi connectivity index (χ1) is 3.93. The molecular formula is C5H9N2O. The minimum absolute atomic E-state index is 0.0451. The molecule has 3 nitrogen and oxygen atoms in total. The number of rotatable bonds is 1. The summed E-state index contributed by atoms with van der Waals surface area (Å²) in [4.78, 5) is 0. The van der Waals surface area contributed by atoms with E-state index in [0.29, 0.717) is 6.61 Å². The van der Waals surface area contributed by atoms with Gasteiger partial charge in [-0.2, -0.15) is 5.11 Å². The summed E-state index contributed by atoms with van der Waals surface area (Å²) in [6.45, 7) is 1.42. The van der Waals surface area contributed by atoms with E-state index < -0.39 is 0 Å². The van der Waals surface area contributed by atoms with E-state index in [-0.39, 0.29) is 6.04 Å². The smallest absolute Gasteiger partial charge is 0.0964 e. The molecule has 0 saturated carbocycles. The molecule has 1 radical (unpaired) electrons. The van der Waals surface area contributed by atoms with Crippen molar-refractivity contribution in [3.8, 4) is 0 Å². The van der Waals surface area contributed by atoms with Gasteiger partial charge in [-0.15, -0.1) is 0 Å². The summed E-state index contributed by atoms with van der Waals surface area (Å²) in [5.41, 5.74) is 8.24. The zero-order valence-electron chi connectivity index (χ0n) is 4.71. The van der Waals surface area contributed by atoms with E-state index in [2.05, 4.69) is 5.11 Å². The fraction of sp³-hybridized carbons (Fsp3) is 1.00. The Bertz CT molecular complexity index is 78.5. The van der Waals surface area contributed by atoms with Gasteiger partial charge in [0.25, 0.3) is 0 Å². The van der Waals surface area contributed by atoms with Crippen LogP contribution in [0.15, 0.2) is 5.11 Å². The Hall–Kier alpha value is -0.440. The summed E-state index contributed by atoms with van der Waals surface area (Å²) in [5, 5.41) is 3.12. The Morgan fingerprint density at radius 3 is 2.88 bits per heavy atom. The Morgan fingerprint density at radius 1 is 1.62 bits per heavy atom. The average molecular weight is 113 g/mol. The minimum atomic E-state index is 0.0451. The molecule has 0 aliphatic carbocycles. The van der Waals surface area contributed by atoms with E-state index in [4.69, 9.17) is 10.3 Å². The third-order valence-electron chi connectivity index (χ3n) is 1.30. The lowest BCUT2D eigenvalue weighted by Gasteiger charge is -2.15. The number of hydrogen-bond acceptors (Lipinski definition) is 2. The van der Waals surface area contributed by atoms with Gasteiger partial charge in [0.05, 0.1) is 12.6 Å². The topological polar surface area (TPSA) is 43.9 Å². The molecule has 1 aliphatic rings. The van der Waals surface area contributed by atoms with Crippen molar-refractivity contribution in [2.24, 2.45) is 5.11 Å². The Morgan fingerprint density at radius 2 is 2.50 bits per heavy atom. The molecule has 0 aromatic rings. The lowest BCUT2D eigenvalue weighted by atomic mass is 10.1. The summed E-state index contributed by atoms with van der Waals surface area (Å²) < 4.78 is 5.02. The van der Waals surface area contributed by atoms with Crippen LogP contribution in [0.1, 0.15) is 12.8 Å². The molecule has 1 atom stereocenters. The van der Waals surface area contributed by atoms with Crippen LogP contribution in [0, 0.1) is 0 Å². The second-order valence-corrected chi connectivity index (χ2v) is 1.99. The number of hydrogen-bond donors (Lipinski definition) is 0. The molecule has 1 aliphatic heterocycles. The van der Waals surface area contributed by atoms with Gasteiger partial charge in [-0.25, -0.2) is 0 Å². The standard InChI is InChI=1S/C5H9N2O/c6-7-5-2-1-3-8-4-5/h5H,1-4H2. The highest BCUT2D eigenvalue weighted by atomic mass is 16.5. The van der Waals surface area contributed by atoms with Crippen LogP contribution in [0.5, 0.6) is 0 Å². The number of ether oxygens (including phenoxy) is 1. The monoisotopic (exact) mass is 113 g/mol. The van der Waals surface area contributed by atoms with Crippen molar-refractivity contribution in [3.05, 3.63) is 0 Å². The molecule has 0 bridgehead atoms. The summed E-state index contributed by atoms with van der Waals surface area (Å²) in [5.74, 6) is 0. The molecule has 8 heavy (non-hydrogen) atoms. The van der Waals surface area contributed by atoms with Gasteiger partial charge in [-0.3, -0.25) is 0 Å². The average Bonchev–Trinajstić information content (AvgIpc) is 1.90. The molecule has 0 N–H and O–H groups in total. The summed E-state index contributed by atoms with van der Waals surface area (Å²) >= 11 is 0. The van der Waals surface area contributed by atoms with E-state index in [9.17, 15) is 0 Å². The predicted octanol–water partition coefficient (Wildman–Crippen LogP) is 0.418. The van der Waals surface area contributed by atoms with Gasteiger partial charge >= 0.3 is 0 Å². The van der Waals surface area contributed by atoms with E-state index >= 15 is 0 Å².